The summed E-state index contributed by atoms with van der Waals surface area (Å²) in [7, 11) is -1.84. The second-order valence-corrected chi connectivity index (χ2v) is 2.59. The molecule has 0 amide bonds. The van der Waals surface area contributed by atoms with Crippen LogP contribution in [-0.4, -0.2) is 17.4 Å². The lowest BCUT2D eigenvalue weighted by atomic mass is 10.2. The zero-order valence-electron chi connectivity index (χ0n) is 6.22. The molecule has 1 atom stereocenters. The van der Waals surface area contributed by atoms with Gasteiger partial charge in [-0.05, 0) is 5.56 Å². The Kier molecular flexibility index (Phi) is 3.56. The van der Waals surface area contributed by atoms with E-state index in [1.54, 1.807) is 24.3 Å². The molecule has 3 nitrogen and oxygen atoms in total. The van der Waals surface area contributed by atoms with Crippen LogP contribution in [0, 0.1) is 0 Å². The molecule has 1 unspecified atom stereocenters. The second kappa shape index (κ2) is 4.47. The van der Waals surface area contributed by atoms with Gasteiger partial charge in [0.2, 0.25) is 0 Å². The van der Waals surface area contributed by atoms with Gasteiger partial charge in [0.15, 0.2) is 0 Å². The standard InChI is InChI=1S/C7H8BClO3/c9-7(12-8(10)11)6-4-2-1-3-5-6/h1-5,7,10-11H. The molecule has 0 bridgehead atoms. The molecule has 0 aliphatic heterocycles. The first kappa shape index (κ1) is 9.54. The van der Waals surface area contributed by atoms with Crippen LogP contribution >= 0.6 is 11.6 Å². The molecule has 0 heterocycles. The Labute approximate surface area is 75.7 Å². The molecule has 1 rings (SSSR count). The Balaban J connectivity index is 2.59. The number of alkyl halides is 1. The molecule has 5 heteroatoms. The first-order valence-corrected chi connectivity index (χ1v) is 3.84. The van der Waals surface area contributed by atoms with Crippen LogP contribution in [-0.2, 0) is 4.65 Å². The van der Waals surface area contributed by atoms with E-state index < -0.39 is 12.9 Å². The number of rotatable bonds is 3. The fourth-order valence-corrected chi connectivity index (χ4v) is 1.03. The lowest BCUT2D eigenvalue weighted by molar-refractivity contribution is 0.167. The van der Waals surface area contributed by atoms with Gasteiger partial charge in [-0.15, -0.1) is 0 Å². The van der Waals surface area contributed by atoms with Crippen LogP contribution in [0.5, 0.6) is 0 Å². The van der Waals surface area contributed by atoms with E-state index in [1.807, 2.05) is 6.07 Å². The van der Waals surface area contributed by atoms with Crippen molar-refractivity contribution in [2.45, 2.75) is 5.56 Å². The highest BCUT2D eigenvalue weighted by Crippen LogP contribution is 2.20. The van der Waals surface area contributed by atoms with Crippen molar-refractivity contribution in [2.75, 3.05) is 0 Å². The summed E-state index contributed by atoms with van der Waals surface area (Å²) >= 11 is 5.66. The van der Waals surface area contributed by atoms with Crippen molar-refractivity contribution in [1.29, 1.82) is 0 Å². The Morgan fingerprint density at radius 1 is 1.25 bits per heavy atom. The van der Waals surface area contributed by atoms with Gasteiger partial charge in [-0.2, -0.15) is 0 Å². The van der Waals surface area contributed by atoms with E-state index in [2.05, 4.69) is 4.65 Å². The molecule has 0 aliphatic carbocycles. The van der Waals surface area contributed by atoms with Gasteiger partial charge in [0, 0.05) is 0 Å². The van der Waals surface area contributed by atoms with Gasteiger partial charge in [0.25, 0.3) is 0 Å². The summed E-state index contributed by atoms with van der Waals surface area (Å²) < 4.78 is 4.51. The molecule has 0 saturated heterocycles. The van der Waals surface area contributed by atoms with Crippen LogP contribution in [0.25, 0.3) is 0 Å². The third kappa shape index (κ3) is 2.83. The van der Waals surface area contributed by atoms with Crippen molar-refractivity contribution in [2.24, 2.45) is 0 Å². The Bertz CT molecular complexity index is 229. The van der Waals surface area contributed by atoms with Gasteiger partial charge in [-0.3, -0.25) is 0 Å². The topological polar surface area (TPSA) is 49.7 Å². The maximum atomic E-state index is 8.43. The van der Waals surface area contributed by atoms with Gasteiger partial charge in [0.1, 0.15) is 5.56 Å². The lowest BCUT2D eigenvalue weighted by Crippen LogP contribution is -2.18. The highest BCUT2D eigenvalue weighted by molar-refractivity contribution is 6.34. The van der Waals surface area contributed by atoms with E-state index in [0.717, 1.165) is 0 Å². The van der Waals surface area contributed by atoms with Crippen LogP contribution < -0.4 is 0 Å². The minimum Gasteiger partial charge on any atom is -0.402 e. The van der Waals surface area contributed by atoms with Crippen LogP contribution in [0.2, 0.25) is 0 Å². The minimum absolute atomic E-state index is 0.687. The fourth-order valence-electron chi connectivity index (χ4n) is 0.790. The number of hydrogen-bond donors (Lipinski definition) is 2. The first-order valence-electron chi connectivity index (χ1n) is 3.41. The molecule has 0 aliphatic rings. The summed E-state index contributed by atoms with van der Waals surface area (Å²) in [5.74, 6) is 0. The minimum atomic E-state index is -1.84. The zero-order chi connectivity index (χ0) is 8.97. The molecule has 64 valence electrons. The summed E-state index contributed by atoms with van der Waals surface area (Å²) in [6, 6.07) is 8.89. The van der Waals surface area contributed by atoms with Gasteiger partial charge in [-0.25, -0.2) is 0 Å². The second-order valence-electron chi connectivity index (χ2n) is 2.19. The highest BCUT2D eigenvalue weighted by Gasteiger charge is 2.16. The summed E-state index contributed by atoms with van der Waals surface area (Å²) in [6.07, 6.45) is 0. The van der Waals surface area contributed by atoms with E-state index in [9.17, 15) is 0 Å². The molecule has 12 heavy (non-hydrogen) atoms. The van der Waals surface area contributed by atoms with Crippen molar-refractivity contribution in [3.63, 3.8) is 0 Å². The van der Waals surface area contributed by atoms with Crippen LogP contribution in [0.3, 0.4) is 0 Å². The zero-order valence-corrected chi connectivity index (χ0v) is 6.98. The molecular formula is C7H8BClO3. The van der Waals surface area contributed by atoms with Gasteiger partial charge < -0.3 is 14.7 Å². The van der Waals surface area contributed by atoms with Crippen molar-refractivity contribution in [3.05, 3.63) is 35.9 Å². The highest BCUT2D eigenvalue weighted by atomic mass is 35.5. The van der Waals surface area contributed by atoms with E-state index in [-0.39, 0.29) is 0 Å². The quantitative estimate of drug-likeness (QED) is 0.545. The van der Waals surface area contributed by atoms with E-state index in [4.69, 9.17) is 21.6 Å². The van der Waals surface area contributed by atoms with Gasteiger partial charge >= 0.3 is 7.32 Å². The number of benzene rings is 1. The Morgan fingerprint density at radius 2 is 1.83 bits per heavy atom. The summed E-state index contributed by atoms with van der Waals surface area (Å²) in [5.41, 5.74) is -0.140. The van der Waals surface area contributed by atoms with E-state index in [0.29, 0.717) is 5.56 Å². The van der Waals surface area contributed by atoms with E-state index >= 15 is 0 Å². The van der Waals surface area contributed by atoms with Gasteiger partial charge in [0.05, 0.1) is 0 Å². The number of hydrogen-bond acceptors (Lipinski definition) is 3. The average molecular weight is 186 g/mol. The molecule has 0 spiro atoms. The maximum Gasteiger partial charge on any atom is 0.635 e. The summed E-state index contributed by atoms with van der Waals surface area (Å²) in [4.78, 5) is 0. The third-order valence-electron chi connectivity index (χ3n) is 1.30. The van der Waals surface area contributed by atoms with Crippen molar-refractivity contribution in [3.8, 4) is 0 Å². The molecule has 0 fully saturated rings. The molecule has 1 aromatic rings. The lowest BCUT2D eigenvalue weighted by Gasteiger charge is -2.09. The molecule has 0 saturated carbocycles. The van der Waals surface area contributed by atoms with E-state index in [1.165, 1.54) is 0 Å². The predicted octanol–water partition coefficient (Wildman–Crippen LogP) is 0.910. The molecular weight excluding hydrogens is 178 g/mol. The molecule has 0 radical (unpaired) electrons. The number of halogens is 1. The van der Waals surface area contributed by atoms with Crippen molar-refractivity contribution in [1.82, 2.24) is 0 Å². The predicted molar refractivity (Wildman–Crippen MR) is 46.3 cm³/mol. The van der Waals surface area contributed by atoms with Crippen molar-refractivity contribution < 1.29 is 14.7 Å². The Hall–Kier alpha value is -0.545. The van der Waals surface area contributed by atoms with Crippen LogP contribution in [0.15, 0.2) is 30.3 Å². The van der Waals surface area contributed by atoms with Crippen LogP contribution in [0.1, 0.15) is 11.1 Å². The fraction of sp³-hybridized carbons (Fsp3) is 0.143. The van der Waals surface area contributed by atoms with Gasteiger partial charge in [-0.1, -0.05) is 41.9 Å². The monoisotopic (exact) mass is 186 g/mol. The summed E-state index contributed by atoms with van der Waals surface area (Å²) in [5, 5.41) is 16.9. The largest absolute Gasteiger partial charge is 0.635 e. The third-order valence-corrected chi connectivity index (χ3v) is 1.66. The Morgan fingerprint density at radius 3 is 2.33 bits per heavy atom. The van der Waals surface area contributed by atoms with Crippen LogP contribution in [0.4, 0.5) is 0 Å². The SMILES string of the molecule is OB(O)OC(Cl)c1ccccc1. The van der Waals surface area contributed by atoms with Crippen molar-refractivity contribution >= 4 is 18.9 Å². The first-order chi connectivity index (χ1) is 5.70. The molecule has 2 N–H and O–H groups in total. The molecule has 1 aromatic carbocycles. The average Bonchev–Trinajstić information content (AvgIpc) is 2.05. The summed E-state index contributed by atoms with van der Waals surface area (Å²) in [6.45, 7) is 0. The smallest absolute Gasteiger partial charge is 0.402 e. The maximum absolute atomic E-state index is 8.43. The normalized spacial score (nSPS) is 12.6. The molecule has 0 aromatic heterocycles.